The zero-order valence-electron chi connectivity index (χ0n) is 11.7. The number of hydrogen-bond donors (Lipinski definition) is 1. The number of H-pyrrole nitrogens is 1. The second kappa shape index (κ2) is 6.30. The molecule has 3 heterocycles. The smallest absolute Gasteiger partial charge is 0.224 e. The van der Waals surface area contributed by atoms with Gasteiger partial charge in [0.15, 0.2) is 0 Å². The van der Waals surface area contributed by atoms with Gasteiger partial charge in [-0.15, -0.1) is 0 Å². The van der Waals surface area contributed by atoms with Gasteiger partial charge in [-0.3, -0.25) is 9.48 Å². The van der Waals surface area contributed by atoms with Crippen LogP contribution in [0.2, 0.25) is 5.02 Å². The average molecular weight is 308 g/mol. The van der Waals surface area contributed by atoms with Gasteiger partial charge in [-0.1, -0.05) is 11.6 Å². The fraction of sp³-hybridized carbons (Fsp3) is 0.500. The molecule has 7 heteroatoms. The molecule has 6 nitrogen and oxygen atoms in total. The van der Waals surface area contributed by atoms with E-state index in [1.165, 1.54) is 0 Å². The molecule has 1 saturated heterocycles. The maximum atomic E-state index is 12.3. The topological polar surface area (TPSA) is 66.8 Å². The van der Waals surface area contributed by atoms with Crippen LogP contribution in [0.4, 0.5) is 0 Å². The van der Waals surface area contributed by atoms with Crippen LogP contribution in [-0.2, 0) is 11.3 Å². The quantitative estimate of drug-likeness (QED) is 0.940. The number of aromatic nitrogens is 4. The number of aromatic amines is 1. The van der Waals surface area contributed by atoms with Gasteiger partial charge in [-0.2, -0.15) is 5.10 Å². The molecule has 1 atom stereocenters. The minimum atomic E-state index is 0.165. The van der Waals surface area contributed by atoms with E-state index in [9.17, 15) is 4.79 Å². The van der Waals surface area contributed by atoms with Crippen molar-refractivity contribution in [2.75, 3.05) is 13.1 Å². The number of piperidine rings is 1. The first kappa shape index (κ1) is 14.1. The summed E-state index contributed by atoms with van der Waals surface area (Å²) >= 11 is 5.81. The molecule has 112 valence electrons. The third-order valence-electron chi connectivity index (χ3n) is 3.84. The van der Waals surface area contributed by atoms with Gasteiger partial charge in [-0.05, 0) is 12.8 Å². The second-order valence-electron chi connectivity index (χ2n) is 5.32. The molecule has 0 bridgehead atoms. The summed E-state index contributed by atoms with van der Waals surface area (Å²) in [4.78, 5) is 21.7. The van der Waals surface area contributed by atoms with Crippen LogP contribution in [-0.4, -0.2) is 43.6 Å². The number of nitrogens with zero attached hydrogens (tertiary/aromatic N) is 4. The lowest BCUT2D eigenvalue weighted by Gasteiger charge is -2.32. The van der Waals surface area contributed by atoms with Crippen molar-refractivity contribution >= 4 is 17.5 Å². The van der Waals surface area contributed by atoms with Gasteiger partial charge in [0, 0.05) is 50.6 Å². The van der Waals surface area contributed by atoms with Crippen LogP contribution in [0, 0.1) is 0 Å². The highest BCUT2D eigenvalue weighted by Gasteiger charge is 2.25. The van der Waals surface area contributed by atoms with E-state index in [0.29, 0.717) is 23.9 Å². The van der Waals surface area contributed by atoms with Gasteiger partial charge < -0.3 is 9.88 Å². The number of likely N-dealkylation sites (tertiary alicyclic amines) is 1. The van der Waals surface area contributed by atoms with Crippen LogP contribution < -0.4 is 0 Å². The van der Waals surface area contributed by atoms with E-state index in [2.05, 4.69) is 15.1 Å². The van der Waals surface area contributed by atoms with Crippen molar-refractivity contribution in [3.8, 4) is 0 Å². The molecule has 2 aromatic heterocycles. The molecule has 0 radical (unpaired) electrons. The Labute approximate surface area is 128 Å². The molecule has 2 aromatic rings. The molecule has 0 aromatic carbocycles. The Balaban J connectivity index is 1.54. The van der Waals surface area contributed by atoms with Gasteiger partial charge in [0.2, 0.25) is 5.91 Å². The Kier molecular flexibility index (Phi) is 4.24. The molecule has 0 saturated carbocycles. The number of rotatable bonds is 4. The van der Waals surface area contributed by atoms with Crippen LogP contribution in [0.15, 0.2) is 24.8 Å². The summed E-state index contributed by atoms with van der Waals surface area (Å²) in [7, 11) is 0. The zero-order chi connectivity index (χ0) is 14.7. The van der Waals surface area contributed by atoms with Gasteiger partial charge in [0.05, 0.1) is 11.2 Å². The van der Waals surface area contributed by atoms with Gasteiger partial charge in [0.25, 0.3) is 0 Å². The summed E-state index contributed by atoms with van der Waals surface area (Å²) in [6.45, 7) is 2.13. The lowest BCUT2D eigenvalue weighted by Crippen LogP contribution is -2.39. The lowest BCUT2D eigenvalue weighted by atomic mass is 9.97. The summed E-state index contributed by atoms with van der Waals surface area (Å²) in [5.41, 5.74) is 0. The molecule has 1 N–H and O–H groups in total. The molecule has 0 aliphatic carbocycles. The van der Waals surface area contributed by atoms with Crippen molar-refractivity contribution in [3.05, 3.63) is 35.6 Å². The molecule has 0 unspecified atom stereocenters. The van der Waals surface area contributed by atoms with E-state index < -0.39 is 0 Å². The summed E-state index contributed by atoms with van der Waals surface area (Å²) in [5, 5.41) is 4.68. The lowest BCUT2D eigenvalue weighted by molar-refractivity contribution is -0.132. The molecule has 1 aliphatic heterocycles. The highest BCUT2D eigenvalue weighted by Crippen LogP contribution is 2.24. The van der Waals surface area contributed by atoms with E-state index in [0.717, 1.165) is 31.8 Å². The third kappa shape index (κ3) is 3.44. The van der Waals surface area contributed by atoms with Crippen LogP contribution >= 0.6 is 11.6 Å². The molecule has 21 heavy (non-hydrogen) atoms. The molecule has 3 rings (SSSR count). The van der Waals surface area contributed by atoms with Gasteiger partial charge >= 0.3 is 0 Å². The summed E-state index contributed by atoms with van der Waals surface area (Å²) in [6.07, 6.45) is 9.45. The van der Waals surface area contributed by atoms with Crippen molar-refractivity contribution in [1.82, 2.24) is 24.6 Å². The molecular weight excluding hydrogens is 290 g/mol. The van der Waals surface area contributed by atoms with Gasteiger partial charge in [0.1, 0.15) is 5.82 Å². The minimum Gasteiger partial charge on any atom is -0.348 e. The predicted octanol–water partition coefficient (Wildman–Crippen LogP) is 2.06. The number of hydrogen-bond acceptors (Lipinski definition) is 3. The standard InChI is InChI=1S/C14H18ClN5O/c15-12-8-18-20(10-12)7-3-13(21)19-6-1-2-11(9-19)14-16-4-5-17-14/h4-5,8,10-11H,1-3,6-7,9H2,(H,16,17)/t11-/m1/s1. The fourth-order valence-electron chi connectivity index (χ4n) is 2.76. The van der Waals surface area contributed by atoms with Crippen molar-refractivity contribution in [1.29, 1.82) is 0 Å². The number of aryl methyl sites for hydroxylation is 1. The van der Waals surface area contributed by atoms with Crippen molar-refractivity contribution in [2.24, 2.45) is 0 Å². The first-order valence-corrected chi connectivity index (χ1v) is 7.55. The molecular formula is C14H18ClN5O. The minimum absolute atomic E-state index is 0.165. The number of carbonyl (C=O) groups excluding carboxylic acids is 1. The summed E-state index contributed by atoms with van der Waals surface area (Å²) < 4.78 is 1.70. The Bertz CT molecular complexity index is 594. The van der Waals surface area contributed by atoms with E-state index in [1.807, 2.05) is 11.1 Å². The molecule has 0 spiro atoms. The first-order chi connectivity index (χ1) is 10.2. The van der Waals surface area contributed by atoms with Crippen LogP contribution in [0.25, 0.3) is 0 Å². The average Bonchev–Trinajstić information content (AvgIpc) is 3.16. The number of halogens is 1. The Morgan fingerprint density at radius 2 is 2.43 bits per heavy atom. The van der Waals surface area contributed by atoms with E-state index >= 15 is 0 Å². The van der Waals surface area contributed by atoms with E-state index in [-0.39, 0.29) is 5.91 Å². The van der Waals surface area contributed by atoms with Crippen molar-refractivity contribution < 1.29 is 4.79 Å². The second-order valence-corrected chi connectivity index (χ2v) is 5.76. The van der Waals surface area contributed by atoms with Crippen molar-refractivity contribution in [2.45, 2.75) is 31.7 Å². The third-order valence-corrected chi connectivity index (χ3v) is 4.03. The Morgan fingerprint density at radius 3 is 3.14 bits per heavy atom. The number of carbonyl (C=O) groups is 1. The maximum Gasteiger partial charge on any atom is 0.224 e. The first-order valence-electron chi connectivity index (χ1n) is 7.17. The molecule has 1 fully saturated rings. The highest BCUT2D eigenvalue weighted by atomic mass is 35.5. The largest absolute Gasteiger partial charge is 0.348 e. The van der Waals surface area contributed by atoms with Crippen LogP contribution in [0.5, 0.6) is 0 Å². The van der Waals surface area contributed by atoms with Crippen molar-refractivity contribution in [3.63, 3.8) is 0 Å². The Morgan fingerprint density at radius 1 is 1.52 bits per heavy atom. The highest BCUT2D eigenvalue weighted by molar-refractivity contribution is 6.30. The van der Waals surface area contributed by atoms with Crippen LogP contribution in [0.1, 0.15) is 31.0 Å². The van der Waals surface area contributed by atoms with Crippen LogP contribution in [0.3, 0.4) is 0 Å². The molecule has 1 aliphatic rings. The summed E-state index contributed by atoms with van der Waals surface area (Å²) in [6, 6.07) is 0. The maximum absolute atomic E-state index is 12.3. The number of amides is 1. The predicted molar refractivity (Wildman–Crippen MR) is 79.0 cm³/mol. The fourth-order valence-corrected chi connectivity index (χ4v) is 2.91. The van der Waals surface area contributed by atoms with E-state index in [4.69, 9.17) is 11.6 Å². The summed E-state index contributed by atoms with van der Waals surface area (Å²) in [5.74, 6) is 1.46. The Hall–Kier alpha value is -1.82. The number of imidazole rings is 1. The SMILES string of the molecule is O=C(CCn1cc(Cl)cn1)N1CCC[C@@H](c2ncc[nH]2)C1. The van der Waals surface area contributed by atoms with E-state index in [1.54, 1.807) is 23.3 Å². The normalized spacial score (nSPS) is 18.9. The monoisotopic (exact) mass is 307 g/mol. The van der Waals surface area contributed by atoms with Gasteiger partial charge in [-0.25, -0.2) is 4.98 Å². The molecule has 1 amide bonds. The zero-order valence-corrected chi connectivity index (χ0v) is 12.5. The number of nitrogens with one attached hydrogen (secondary N) is 1.